The van der Waals surface area contributed by atoms with Gasteiger partial charge in [-0.15, -0.1) is 0 Å². The van der Waals surface area contributed by atoms with Crippen LogP contribution in [0.1, 0.15) is 37.7 Å². The molecule has 3 atom stereocenters. The van der Waals surface area contributed by atoms with E-state index >= 15 is 0 Å². The minimum Gasteiger partial charge on any atom is -0.353 e. The van der Waals surface area contributed by atoms with Crippen LogP contribution in [0.2, 0.25) is 0 Å². The molecular weight excluding hydrogens is 302 g/mol. The summed E-state index contributed by atoms with van der Waals surface area (Å²) >= 11 is 0. The molecule has 3 heterocycles. The van der Waals surface area contributed by atoms with Crippen LogP contribution >= 0.6 is 0 Å². The van der Waals surface area contributed by atoms with Crippen molar-refractivity contribution in [3.05, 3.63) is 35.9 Å². The van der Waals surface area contributed by atoms with Crippen molar-refractivity contribution in [1.82, 2.24) is 15.5 Å². The molecule has 0 saturated carbocycles. The second-order valence-electron chi connectivity index (χ2n) is 7.48. The summed E-state index contributed by atoms with van der Waals surface area (Å²) in [6, 6.07) is 11.4. The van der Waals surface area contributed by atoms with Crippen molar-refractivity contribution in [2.24, 2.45) is 5.92 Å². The van der Waals surface area contributed by atoms with Crippen LogP contribution in [0, 0.1) is 5.92 Å². The van der Waals surface area contributed by atoms with E-state index in [1.807, 2.05) is 35.2 Å². The fraction of sp³-hybridized carbons (Fsp3) is 0.579. The predicted octanol–water partition coefficient (Wildman–Crippen LogP) is 1.43. The summed E-state index contributed by atoms with van der Waals surface area (Å²) in [6.07, 6.45) is 4.84. The number of piperidine rings is 1. The number of benzene rings is 1. The van der Waals surface area contributed by atoms with E-state index in [0.29, 0.717) is 31.6 Å². The fourth-order valence-corrected chi connectivity index (χ4v) is 4.40. The predicted molar refractivity (Wildman–Crippen MR) is 91.1 cm³/mol. The van der Waals surface area contributed by atoms with Crippen molar-refractivity contribution in [3.8, 4) is 0 Å². The number of hydrogen-bond donors (Lipinski definition) is 2. The molecule has 1 aromatic rings. The number of amides is 2. The summed E-state index contributed by atoms with van der Waals surface area (Å²) in [5.41, 5.74) is 1.11. The van der Waals surface area contributed by atoms with Gasteiger partial charge in [-0.3, -0.25) is 9.59 Å². The van der Waals surface area contributed by atoms with Crippen molar-refractivity contribution in [3.63, 3.8) is 0 Å². The highest BCUT2D eigenvalue weighted by molar-refractivity contribution is 5.89. The van der Waals surface area contributed by atoms with Gasteiger partial charge in [0.1, 0.15) is 0 Å². The molecule has 3 aliphatic heterocycles. The lowest BCUT2D eigenvalue weighted by Crippen LogP contribution is -2.49. The first-order chi connectivity index (χ1) is 11.7. The fourth-order valence-electron chi connectivity index (χ4n) is 4.40. The SMILES string of the molecule is O=C(NC1CC2CCC(C1)N2)C1CC(=O)N(Cc2ccccc2)C1. The molecule has 1 aromatic carbocycles. The molecule has 2 bridgehead atoms. The Bertz CT molecular complexity index is 606. The van der Waals surface area contributed by atoms with Crippen molar-refractivity contribution in [1.29, 1.82) is 0 Å². The summed E-state index contributed by atoms with van der Waals surface area (Å²) in [4.78, 5) is 26.6. The average molecular weight is 327 g/mol. The van der Waals surface area contributed by atoms with E-state index in [4.69, 9.17) is 0 Å². The molecule has 3 aliphatic rings. The standard InChI is InChI=1S/C19H25N3O2/c23-18-8-14(12-22(18)11-13-4-2-1-3-5-13)19(24)21-17-9-15-6-7-16(10-17)20-15/h1-5,14-17,20H,6-12H2,(H,21,24). The Balaban J connectivity index is 1.32. The number of hydrogen-bond acceptors (Lipinski definition) is 3. The third-order valence-electron chi connectivity index (χ3n) is 5.62. The van der Waals surface area contributed by atoms with Gasteiger partial charge in [-0.1, -0.05) is 30.3 Å². The Morgan fingerprint density at radius 3 is 2.58 bits per heavy atom. The van der Waals surface area contributed by atoms with E-state index in [-0.39, 0.29) is 23.8 Å². The van der Waals surface area contributed by atoms with Crippen LogP contribution in [0.25, 0.3) is 0 Å². The molecule has 0 radical (unpaired) electrons. The maximum Gasteiger partial charge on any atom is 0.225 e. The van der Waals surface area contributed by atoms with Crippen LogP contribution in [0.3, 0.4) is 0 Å². The number of carbonyl (C=O) groups is 2. The third-order valence-corrected chi connectivity index (χ3v) is 5.62. The summed E-state index contributed by atoms with van der Waals surface area (Å²) in [5.74, 6) is -0.0525. The molecule has 24 heavy (non-hydrogen) atoms. The molecule has 0 aliphatic carbocycles. The van der Waals surface area contributed by atoms with Gasteiger partial charge in [0.05, 0.1) is 5.92 Å². The quantitative estimate of drug-likeness (QED) is 0.879. The van der Waals surface area contributed by atoms with Gasteiger partial charge in [0, 0.05) is 37.6 Å². The van der Waals surface area contributed by atoms with E-state index in [1.54, 1.807) is 0 Å². The molecule has 2 N–H and O–H groups in total. The lowest BCUT2D eigenvalue weighted by Gasteiger charge is -2.30. The third kappa shape index (κ3) is 3.31. The smallest absolute Gasteiger partial charge is 0.225 e. The van der Waals surface area contributed by atoms with Gasteiger partial charge in [-0.2, -0.15) is 0 Å². The Hall–Kier alpha value is -1.88. The Morgan fingerprint density at radius 1 is 1.17 bits per heavy atom. The zero-order valence-electron chi connectivity index (χ0n) is 13.9. The number of nitrogens with one attached hydrogen (secondary N) is 2. The van der Waals surface area contributed by atoms with Crippen molar-refractivity contribution < 1.29 is 9.59 Å². The van der Waals surface area contributed by atoms with Gasteiger partial charge in [0.2, 0.25) is 11.8 Å². The summed E-state index contributed by atoms with van der Waals surface area (Å²) < 4.78 is 0. The summed E-state index contributed by atoms with van der Waals surface area (Å²) in [7, 11) is 0. The normalized spacial score (nSPS) is 32.2. The molecule has 0 aromatic heterocycles. The van der Waals surface area contributed by atoms with Crippen LogP contribution < -0.4 is 10.6 Å². The van der Waals surface area contributed by atoms with Crippen molar-refractivity contribution in [2.75, 3.05) is 6.54 Å². The molecule has 4 rings (SSSR count). The maximum atomic E-state index is 12.6. The van der Waals surface area contributed by atoms with E-state index < -0.39 is 0 Å². The monoisotopic (exact) mass is 327 g/mol. The molecule has 0 spiro atoms. The maximum absolute atomic E-state index is 12.6. The van der Waals surface area contributed by atoms with Gasteiger partial charge in [0.25, 0.3) is 0 Å². The average Bonchev–Trinajstić information content (AvgIpc) is 3.11. The molecule has 3 unspecified atom stereocenters. The zero-order chi connectivity index (χ0) is 16.5. The minimum atomic E-state index is -0.200. The van der Waals surface area contributed by atoms with Gasteiger partial charge in [0.15, 0.2) is 0 Å². The Kier molecular flexibility index (Phi) is 4.27. The second-order valence-corrected chi connectivity index (χ2v) is 7.48. The number of carbonyl (C=O) groups excluding carboxylic acids is 2. The first kappa shape index (κ1) is 15.6. The van der Waals surface area contributed by atoms with Crippen LogP contribution in [0.15, 0.2) is 30.3 Å². The minimum absolute atomic E-state index is 0.0604. The van der Waals surface area contributed by atoms with Crippen LogP contribution in [-0.2, 0) is 16.1 Å². The highest BCUT2D eigenvalue weighted by Gasteiger charge is 2.38. The zero-order valence-corrected chi connectivity index (χ0v) is 13.9. The Labute approximate surface area is 142 Å². The molecule has 128 valence electrons. The molecule has 5 heteroatoms. The summed E-state index contributed by atoms with van der Waals surface area (Å²) in [5, 5.41) is 6.80. The van der Waals surface area contributed by atoms with Crippen LogP contribution in [0.4, 0.5) is 0 Å². The number of likely N-dealkylation sites (tertiary alicyclic amines) is 1. The molecule has 3 fully saturated rings. The number of rotatable bonds is 4. The molecule has 3 saturated heterocycles. The topological polar surface area (TPSA) is 61.4 Å². The Morgan fingerprint density at radius 2 is 1.88 bits per heavy atom. The molecular formula is C19H25N3O2. The summed E-state index contributed by atoms with van der Waals surface area (Å²) in [6.45, 7) is 1.14. The lowest BCUT2D eigenvalue weighted by molar-refractivity contribution is -0.129. The second kappa shape index (κ2) is 6.55. The molecule has 5 nitrogen and oxygen atoms in total. The largest absolute Gasteiger partial charge is 0.353 e. The van der Waals surface area contributed by atoms with Gasteiger partial charge in [-0.05, 0) is 31.2 Å². The van der Waals surface area contributed by atoms with Crippen molar-refractivity contribution in [2.45, 2.75) is 56.8 Å². The highest BCUT2D eigenvalue weighted by atomic mass is 16.2. The number of nitrogens with zero attached hydrogens (tertiary/aromatic N) is 1. The molecule has 2 amide bonds. The van der Waals surface area contributed by atoms with E-state index in [0.717, 1.165) is 18.4 Å². The van der Waals surface area contributed by atoms with Crippen molar-refractivity contribution >= 4 is 11.8 Å². The van der Waals surface area contributed by atoms with E-state index in [1.165, 1.54) is 12.8 Å². The van der Waals surface area contributed by atoms with Gasteiger partial charge < -0.3 is 15.5 Å². The number of fused-ring (bicyclic) bond motifs is 2. The van der Waals surface area contributed by atoms with Gasteiger partial charge in [-0.25, -0.2) is 0 Å². The van der Waals surface area contributed by atoms with Crippen LogP contribution in [0.5, 0.6) is 0 Å². The highest BCUT2D eigenvalue weighted by Crippen LogP contribution is 2.27. The van der Waals surface area contributed by atoms with Gasteiger partial charge >= 0.3 is 0 Å². The van der Waals surface area contributed by atoms with Crippen LogP contribution in [-0.4, -0.2) is 41.4 Å². The van der Waals surface area contributed by atoms with E-state index in [2.05, 4.69) is 10.6 Å². The first-order valence-electron chi connectivity index (χ1n) is 9.05. The lowest BCUT2D eigenvalue weighted by atomic mass is 9.98. The van der Waals surface area contributed by atoms with E-state index in [9.17, 15) is 9.59 Å². The first-order valence-corrected chi connectivity index (χ1v) is 9.05.